The van der Waals surface area contributed by atoms with Gasteiger partial charge in [-0.25, -0.2) is 0 Å². The number of aromatic nitrogens is 1. The number of pyridine rings is 1. The third kappa shape index (κ3) is 2.14. The van der Waals surface area contributed by atoms with Crippen LogP contribution in [0.5, 0.6) is 0 Å². The van der Waals surface area contributed by atoms with Gasteiger partial charge >= 0.3 is 5.71 Å². The zero-order valence-corrected chi connectivity index (χ0v) is 13.4. The molecular weight excluding hydrogens is 298 g/mol. The molecule has 24 heavy (non-hydrogen) atoms. The van der Waals surface area contributed by atoms with Crippen molar-refractivity contribution in [3.05, 3.63) is 108 Å². The number of aryl methyl sites for hydroxylation is 1. The minimum absolute atomic E-state index is 0.691. The van der Waals surface area contributed by atoms with E-state index < -0.39 is 5.60 Å². The molecule has 4 aromatic rings. The van der Waals surface area contributed by atoms with E-state index in [9.17, 15) is 5.11 Å². The predicted molar refractivity (Wildman–Crippen MR) is 91.6 cm³/mol. The van der Waals surface area contributed by atoms with E-state index in [4.69, 9.17) is 4.42 Å². The Labute approximate surface area is 140 Å². The second-order valence-corrected chi connectivity index (χ2v) is 5.86. The Morgan fingerprint density at radius 3 is 1.92 bits per heavy atom. The number of fused-ring (bicyclic) bond motifs is 1. The smallest absolute Gasteiger partial charge is 0.379 e. The van der Waals surface area contributed by atoms with Gasteiger partial charge in [-0.15, -0.1) is 4.40 Å². The molecule has 1 N–H and O–H groups in total. The van der Waals surface area contributed by atoms with Crippen LogP contribution in [0.3, 0.4) is 0 Å². The molecule has 0 aliphatic heterocycles. The number of hydrogen-bond donors (Lipinski definition) is 1. The maximum Gasteiger partial charge on any atom is 0.379 e. The first-order chi connectivity index (χ1) is 11.7. The average Bonchev–Trinajstić information content (AvgIpc) is 2.99. The lowest BCUT2D eigenvalue weighted by Gasteiger charge is -2.25. The summed E-state index contributed by atoms with van der Waals surface area (Å²) in [5.41, 5.74) is 1.73. The van der Waals surface area contributed by atoms with Crippen molar-refractivity contribution in [2.24, 2.45) is 0 Å². The quantitative estimate of drug-likeness (QED) is 0.586. The minimum atomic E-state index is -1.30. The molecule has 0 fully saturated rings. The van der Waals surface area contributed by atoms with E-state index in [2.05, 4.69) is 0 Å². The maximum atomic E-state index is 11.9. The Bertz CT molecular complexity index is 935. The summed E-state index contributed by atoms with van der Waals surface area (Å²) < 4.78 is 7.80. The third-order valence-electron chi connectivity index (χ3n) is 4.38. The zero-order valence-electron chi connectivity index (χ0n) is 13.4. The maximum absolute atomic E-state index is 11.9. The van der Waals surface area contributed by atoms with Crippen molar-refractivity contribution in [3.8, 4) is 0 Å². The van der Waals surface area contributed by atoms with Crippen LogP contribution in [0, 0.1) is 6.92 Å². The SMILES string of the molecule is Cc1oc2cccc[n+]2c1C(O)(c1ccccc1)c1ccccc1. The minimum Gasteiger partial charge on any atom is -0.403 e. The Morgan fingerprint density at radius 1 is 0.792 bits per heavy atom. The summed E-state index contributed by atoms with van der Waals surface area (Å²) in [4.78, 5) is 0. The Balaban J connectivity index is 2.09. The summed E-state index contributed by atoms with van der Waals surface area (Å²) in [5, 5.41) is 11.9. The van der Waals surface area contributed by atoms with E-state index in [0.29, 0.717) is 11.5 Å². The molecule has 0 bridgehead atoms. The molecular formula is C21H18NO2+. The summed E-state index contributed by atoms with van der Waals surface area (Å²) in [5.74, 6) is 0.691. The van der Waals surface area contributed by atoms with Crippen LogP contribution < -0.4 is 4.40 Å². The average molecular weight is 316 g/mol. The first-order valence-electron chi connectivity index (χ1n) is 7.95. The van der Waals surface area contributed by atoms with Gasteiger partial charge in [0, 0.05) is 13.0 Å². The van der Waals surface area contributed by atoms with Gasteiger partial charge in [0.05, 0.1) is 6.07 Å². The molecule has 4 rings (SSSR count). The standard InChI is InChI=1S/C21H18NO2/c1-16-20(22-15-9-8-14-19(22)24-16)21(23,17-10-4-2-5-11-17)18-12-6-3-7-13-18/h2-15,23H,1H3/q+1. The summed E-state index contributed by atoms with van der Waals surface area (Å²) >= 11 is 0. The van der Waals surface area contributed by atoms with Crippen LogP contribution in [-0.2, 0) is 5.60 Å². The van der Waals surface area contributed by atoms with Crippen LogP contribution in [0.4, 0.5) is 0 Å². The second kappa shape index (κ2) is 5.62. The first kappa shape index (κ1) is 14.7. The molecule has 0 spiro atoms. The molecule has 0 saturated heterocycles. The molecule has 0 atom stereocenters. The van der Waals surface area contributed by atoms with Gasteiger partial charge in [0.25, 0.3) is 5.69 Å². The summed E-state index contributed by atoms with van der Waals surface area (Å²) in [7, 11) is 0. The second-order valence-electron chi connectivity index (χ2n) is 5.86. The lowest BCUT2D eigenvalue weighted by atomic mass is 9.83. The lowest BCUT2D eigenvalue weighted by molar-refractivity contribution is -0.531. The molecule has 0 amide bonds. The molecule has 0 aliphatic carbocycles. The highest BCUT2D eigenvalue weighted by Gasteiger charge is 2.44. The zero-order chi connectivity index (χ0) is 16.6. The molecule has 0 aliphatic rings. The highest BCUT2D eigenvalue weighted by atomic mass is 16.4. The van der Waals surface area contributed by atoms with E-state index in [0.717, 1.165) is 16.8 Å². The lowest BCUT2D eigenvalue weighted by Crippen LogP contribution is -2.40. The Morgan fingerprint density at radius 2 is 1.33 bits per heavy atom. The fraction of sp³-hybridized carbons (Fsp3) is 0.0952. The Kier molecular flexibility index (Phi) is 3.44. The number of aliphatic hydroxyl groups is 1. The fourth-order valence-electron chi connectivity index (χ4n) is 3.30. The fourth-order valence-corrected chi connectivity index (χ4v) is 3.30. The van der Waals surface area contributed by atoms with Crippen LogP contribution in [0.15, 0.2) is 89.5 Å². The number of hydrogen-bond acceptors (Lipinski definition) is 2. The van der Waals surface area contributed by atoms with E-state index in [1.165, 1.54) is 0 Å². The van der Waals surface area contributed by atoms with Gasteiger partial charge in [-0.1, -0.05) is 60.7 Å². The van der Waals surface area contributed by atoms with Gasteiger partial charge in [-0.3, -0.25) is 0 Å². The van der Waals surface area contributed by atoms with Gasteiger partial charge in [0.15, 0.2) is 12.0 Å². The first-order valence-corrected chi connectivity index (χ1v) is 7.95. The molecule has 0 radical (unpaired) electrons. The van der Waals surface area contributed by atoms with Crippen molar-refractivity contribution in [1.29, 1.82) is 0 Å². The summed E-state index contributed by atoms with van der Waals surface area (Å²) in [6.45, 7) is 1.89. The van der Waals surface area contributed by atoms with Crippen molar-refractivity contribution in [1.82, 2.24) is 0 Å². The molecule has 3 heteroatoms. The van der Waals surface area contributed by atoms with Crippen LogP contribution in [0.25, 0.3) is 5.71 Å². The van der Waals surface area contributed by atoms with Crippen molar-refractivity contribution in [3.63, 3.8) is 0 Å². The third-order valence-corrected chi connectivity index (χ3v) is 4.38. The number of nitrogens with zero attached hydrogens (tertiary/aromatic N) is 1. The van der Waals surface area contributed by atoms with Crippen LogP contribution >= 0.6 is 0 Å². The molecule has 2 heterocycles. The van der Waals surface area contributed by atoms with Crippen LogP contribution in [0.2, 0.25) is 0 Å². The van der Waals surface area contributed by atoms with Crippen molar-refractivity contribution in [2.45, 2.75) is 12.5 Å². The number of benzene rings is 2. The van der Waals surface area contributed by atoms with Gasteiger partial charge in [0.2, 0.25) is 5.60 Å². The monoisotopic (exact) mass is 316 g/mol. The van der Waals surface area contributed by atoms with Crippen LogP contribution in [0.1, 0.15) is 22.6 Å². The van der Waals surface area contributed by atoms with Crippen molar-refractivity contribution in [2.75, 3.05) is 0 Å². The molecule has 0 saturated carbocycles. The summed E-state index contributed by atoms with van der Waals surface area (Å²) in [6, 6.07) is 25.1. The predicted octanol–water partition coefficient (Wildman–Crippen LogP) is 3.61. The molecule has 2 aromatic carbocycles. The van der Waals surface area contributed by atoms with Gasteiger partial charge < -0.3 is 9.52 Å². The van der Waals surface area contributed by atoms with Crippen LogP contribution in [-0.4, -0.2) is 5.11 Å². The molecule has 3 nitrogen and oxygen atoms in total. The highest BCUT2D eigenvalue weighted by Crippen LogP contribution is 2.37. The van der Waals surface area contributed by atoms with Gasteiger partial charge in [0.1, 0.15) is 0 Å². The number of oxazole rings is 1. The van der Waals surface area contributed by atoms with E-state index in [1.54, 1.807) is 0 Å². The van der Waals surface area contributed by atoms with Gasteiger partial charge in [-0.05, 0) is 17.2 Å². The van der Waals surface area contributed by atoms with Crippen molar-refractivity contribution < 1.29 is 13.9 Å². The largest absolute Gasteiger partial charge is 0.403 e. The highest BCUT2D eigenvalue weighted by molar-refractivity contribution is 5.45. The van der Waals surface area contributed by atoms with E-state index in [1.807, 2.05) is 96.4 Å². The van der Waals surface area contributed by atoms with Gasteiger partial charge in [-0.2, -0.15) is 0 Å². The normalized spacial score (nSPS) is 11.8. The Hall–Kier alpha value is -2.91. The summed E-state index contributed by atoms with van der Waals surface area (Å²) in [6.07, 6.45) is 1.91. The van der Waals surface area contributed by atoms with E-state index in [-0.39, 0.29) is 0 Å². The topological polar surface area (TPSA) is 37.5 Å². The van der Waals surface area contributed by atoms with E-state index >= 15 is 0 Å². The van der Waals surface area contributed by atoms with Crippen molar-refractivity contribution >= 4 is 5.71 Å². The molecule has 118 valence electrons. The molecule has 2 aromatic heterocycles. The molecule has 0 unspecified atom stereocenters. The number of rotatable bonds is 3.